The van der Waals surface area contributed by atoms with Crippen molar-refractivity contribution < 1.29 is 9.90 Å². The van der Waals surface area contributed by atoms with Gasteiger partial charge in [-0.15, -0.1) is 0 Å². The van der Waals surface area contributed by atoms with E-state index in [1.165, 1.54) is 0 Å². The number of aliphatic hydroxyl groups excluding tert-OH is 1. The van der Waals surface area contributed by atoms with E-state index in [4.69, 9.17) is 0 Å². The van der Waals surface area contributed by atoms with Gasteiger partial charge in [0.05, 0.1) is 6.10 Å². The van der Waals surface area contributed by atoms with Gasteiger partial charge in [0.1, 0.15) is 0 Å². The lowest BCUT2D eigenvalue weighted by atomic mass is 10.1. The van der Waals surface area contributed by atoms with Crippen LogP contribution in [0.5, 0.6) is 0 Å². The van der Waals surface area contributed by atoms with Crippen molar-refractivity contribution in [2.75, 3.05) is 52.9 Å². The number of urea groups is 1. The number of carbonyl (C=O) groups excluding carboxylic acids is 1. The number of likely N-dealkylation sites (tertiary alicyclic amines) is 1. The van der Waals surface area contributed by atoms with E-state index in [0.29, 0.717) is 12.3 Å². The van der Waals surface area contributed by atoms with E-state index < -0.39 is 0 Å². The Morgan fingerprint density at radius 1 is 1.22 bits per heavy atom. The minimum atomic E-state index is -0.343. The topological polar surface area (TPSA) is 59.1 Å². The van der Waals surface area contributed by atoms with E-state index in [-0.39, 0.29) is 18.2 Å². The normalized spacial score (nSPS) is 26.3. The first-order chi connectivity index (χ1) is 11.0. The number of piperazine rings is 1. The fourth-order valence-electron chi connectivity index (χ4n) is 3.64. The Hall–Kier alpha value is -0.850. The summed E-state index contributed by atoms with van der Waals surface area (Å²) in [6, 6.07) is 0.237. The number of rotatable bonds is 6. The molecule has 6 nitrogen and oxygen atoms in total. The molecule has 0 aromatic carbocycles. The molecule has 2 N–H and O–H groups in total. The van der Waals surface area contributed by atoms with Crippen molar-refractivity contribution in [1.29, 1.82) is 0 Å². The second-order valence-corrected chi connectivity index (χ2v) is 7.47. The van der Waals surface area contributed by atoms with Crippen LogP contribution < -0.4 is 5.32 Å². The number of hydrogen-bond donors (Lipinski definition) is 2. The highest BCUT2D eigenvalue weighted by Crippen LogP contribution is 2.21. The van der Waals surface area contributed by atoms with Gasteiger partial charge in [-0.2, -0.15) is 0 Å². The molecule has 3 atom stereocenters. The zero-order chi connectivity index (χ0) is 16.8. The van der Waals surface area contributed by atoms with Crippen LogP contribution in [0.2, 0.25) is 0 Å². The zero-order valence-corrected chi connectivity index (χ0v) is 15.0. The summed E-state index contributed by atoms with van der Waals surface area (Å²) in [6.07, 6.45) is 2.39. The molecular formula is C17H34N4O2. The van der Waals surface area contributed by atoms with E-state index in [2.05, 4.69) is 29.1 Å². The van der Waals surface area contributed by atoms with Crippen molar-refractivity contribution in [3.05, 3.63) is 0 Å². The molecule has 23 heavy (non-hydrogen) atoms. The van der Waals surface area contributed by atoms with Crippen molar-refractivity contribution in [2.45, 2.75) is 45.3 Å². The van der Waals surface area contributed by atoms with Gasteiger partial charge in [0.2, 0.25) is 0 Å². The SMILES string of the molecule is CC(O)CC1CCCN1C(=O)NCC(C)CN1CCN(C)CC1. The second-order valence-electron chi connectivity index (χ2n) is 7.47. The van der Waals surface area contributed by atoms with Crippen molar-refractivity contribution in [2.24, 2.45) is 5.92 Å². The first-order valence-corrected chi connectivity index (χ1v) is 9.09. The van der Waals surface area contributed by atoms with Crippen LogP contribution >= 0.6 is 0 Å². The van der Waals surface area contributed by atoms with Crippen LogP contribution in [-0.2, 0) is 0 Å². The second kappa shape index (κ2) is 8.85. The third-order valence-electron chi connectivity index (χ3n) is 5.02. The molecule has 0 saturated carbocycles. The number of hydrogen-bond acceptors (Lipinski definition) is 4. The zero-order valence-electron chi connectivity index (χ0n) is 15.0. The number of amides is 2. The quantitative estimate of drug-likeness (QED) is 0.758. The van der Waals surface area contributed by atoms with E-state index in [9.17, 15) is 9.90 Å². The lowest BCUT2D eigenvalue weighted by Crippen LogP contribution is -2.48. The van der Waals surface area contributed by atoms with E-state index in [1.54, 1.807) is 6.92 Å². The van der Waals surface area contributed by atoms with Gasteiger partial charge in [-0.05, 0) is 39.2 Å². The lowest BCUT2D eigenvalue weighted by molar-refractivity contribution is 0.132. The molecular weight excluding hydrogens is 292 g/mol. The number of likely N-dealkylation sites (N-methyl/N-ethyl adjacent to an activating group) is 1. The van der Waals surface area contributed by atoms with E-state index in [1.807, 2.05) is 4.90 Å². The van der Waals surface area contributed by atoms with Gasteiger partial charge in [-0.25, -0.2) is 4.79 Å². The Kier molecular flexibility index (Phi) is 7.11. The van der Waals surface area contributed by atoms with Gasteiger partial charge in [-0.1, -0.05) is 6.92 Å². The van der Waals surface area contributed by atoms with Crippen LogP contribution in [0, 0.1) is 5.92 Å². The first kappa shape index (κ1) is 18.5. The molecule has 2 amide bonds. The summed E-state index contributed by atoms with van der Waals surface area (Å²) < 4.78 is 0. The van der Waals surface area contributed by atoms with Gasteiger partial charge in [0.25, 0.3) is 0 Å². The molecule has 134 valence electrons. The van der Waals surface area contributed by atoms with E-state index >= 15 is 0 Å². The average molecular weight is 326 g/mol. The van der Waals surface area contributed by atoms with Gasteiger partial charge in [0.15, 0.2) is 0 Å². The Morgan fingerprint density at radius 3 is 2.57 bits per heavy atom. The smallest absolute Gasteiger partial charge is 0.317 e. The molecule has 0 aliphatic carbocycles. The molecule has 0 spiro atoms. The Balaban J connectivity index is 1.68. The number of carbonyl (C=O) groups is 1. The van der Waals surface area contributed by atoms with Gasteiger partial charge in [0, 0.05) is 51.9 Å². The highest BCUT2D eigenvalue weighted by atomic mass is 16.3. The molecule has 2 fully saturated rings. The van der Waals surface area contributed by atoms with Gasteiger partial charge >= 0.3 is 6.03 Å². The van der Waals surface area contributed by atoms with Crippen LogP contribution in [0.15, 0.2) is 0 Å². The summed E-state index contributed by atoms with van der Waals surface area (Å²) in [5.41, 5.74) is 0. The molecule has 3 unspecified atom stereocenters. The molecule has 0 radical (unpaired) electrons. The number of nitrogens with one attached hydrogen (secondary N) is 1. The van der Waals surface area contributed by atoms with Gasteiger partial charge < -0.3 is 25.1 Å². The monoisotopic (exact) mass is 326 g/mol. The summed E-state index contributed by atoms with van der Waals surface area (Å²) in [6.45, 7) is 11.1. The van der Waals surface area contributed by atoms with Crippen LogP contribution in [0.4, 0.5) is 4.79 Å². The van der Waals surface area contributed by atoms with Crippen molar-refractivity contribution >= 4 is 6.03 Å². The molecule has 0 aromatic rings. The van der Waals surface area contributed by atoms with Crippen molar-refractivity contribution in [3.8, 4) is 0 Å². The summed E-state index contributed by atoms with van der Waals surface area (Å²) in [4.78, 5) is 19.2. The Morgan fingerprint density at radius 2 is 1.91 bits per heavy atom. The van der Waals surface area contributed by atoms with Gasteiger partial charge in [-0.3, -0.25) is 0 Å². The largest absolute Gasteiger partial charge is 0.393 e. The molecule has 2 heterocycles. The van der Waals surface area contributed by atoms with Crippen LogP contribution in [0.1, 0.15) is 33.1 Å². The maximum Gasteiger partial charge on any atom is 0.317 e. The standard InChI is InChI=1S/C17H34N4O2/c1-14(13-20-9-7-19(3)8-10-20)12-18-17(23)21-6-4-5-16(21)11-15(2)22/h14-16,22H,4-13H2,1-3H3,(H,18,23). The maximum atomic E-state index is 12.4. The molecule has 0 aromatic heterocycles. The first-order valence-electron chi connectivity index (χ1n) is 9.09. The summed E-state index contributed by atoms with van der Waals surface area (Å²) in [5.74, 6) is 0.458. The molecule has 2 rings (SSSR count). The van der Waals surface area contributed by atoms with Crippen LogP contribution in [0.3, 0.4) is 0 Å². The fraction of sp³-hybridized carbons (Fsp3) is 0.941. The van der Waals surface area contributed by atoms with Crippen LogP contribution in [0.25, 0.3) is 0 Å². The lowest BCUT2D eigenvalue weighted by Gasteiger charge is -2.34. The molecule has 2 aliphatic rings. The predicted octanol–water partition coefficient (Wildman–Crippen LogP) is 0.815. The van der Waals surface area contributed by atoms with Crippen molar-refractivity contribution in [3.63, 3.8) is 0 Å². The summed E-state index contributed by atoms with van der Waals surface area (Å²) >= 11 is 0. The molecule has 2 saturated heterocycles. The third kappa shape index (κ3) is 5.94. The highest BCUT2D eigenvalue weighted by Gasteiger charge is 2.29. The highest BCUT2D eigenvalue weighted by molar-refractivity contribution is 5.74. The molecule has 6 heteroatoms. The Labute approximate surface area is 140 Å². The number of nitrogens with zero attached hydrogens (tertiary/aromatic N) is 3. The molecule has 2 aliphatic heterocycles. The maximum absolute atomic E-state index is 12.4. The summed E-state index contributed by atoms with van der Waals surface area (Å²) in [5, 5.41) is 12.7. The number of aliphatic hydroxyl groups is 1. The third-order valence-corrected chi connectivity index (χ3v) is 5.02. The fourth-order valence-corrected chi connectivity index (χ4v) is 3.64. The Bertz CT molecular complexity index is 370. The summed E-state index contributed by atoms with van der Waals surface area (Å²) in [7, 11) is 2.17. The minimum Gasteiger partial charge on any atom is -0.393 e. The molecule has 0 bridgehead atoms. The van der Waals surface area contributed by atoms with E-state index in [0.717, 1.165) is 58.7 Å². The van der Waals surface area contributed by atoms with Crippen molar-refractivity contribution in [1.82, 2.24) is 20.0 Å². The van der Waals surface area contributed by atoms with Crippen LogP contribution in [-0.4, -0.2) is 90.8 Å². The minimum absolute atomic E-state index is 0.0402. The average Bonchev–Trinajstić information content (AvgIpc) is 2.94. The predicted molar refractivity (Wildman–Crippen MR) is 92.5 cm³/mol.